The average molecular weight is 236 g/mol. The summed E-state index contributed by atoms with van der Waals surface area (Å²) in [5.74, 6) is 0. The quantitative estimate of drug-likeness (QED) is 0.391. The summed E-state index contributed by atoms with van der Waals surface area (Å²) in [4.78, 5) is 0. The Bertz CT molecular complexity index is 543. The number of benzene rings is 1. The molecule has 1 aromatic heterocycles. The number of hydrogen-bond donors (Lipinski definition) is 0. The van der Waals surface area contributed by atoms with Crippen LogP contribution in [0.2, 0.25) is 5.15 Å². The molecular formula is C13H14ClNO. The average Bonchev–Trinajstić information content (AvgIpc) is 2.22. The van der Waals surface area contributed by atoms with Crippen LogP contribution in [0.3, 0.4) is 0 Å². The van der Waals surface area contributed by atoms with Gasteiger partial charge in [-0.15, -0.1) is 0 Å². The Morgan fingerprint density at radius 3 is 2.44 bits per heavy atom. The fourth-order valence-corrected chi connectivity index (χ4v) is 2.07. The molecule has 0 radical (unpaired) electrons. The van der Waals surface area contributed by atoms with Gasteiger partial charge in [-0.1, -0.05) is 32.9 Å². The van der Waals surface area contributed by atoms with Gasteiger partial charge in [-0.05, 0) is 28.6 Å². The summed E-state index contributed by atoms with van der Waals surface area (Å²) in [5, 5.41) is 13.0. The maximum Gasteiger partial charge on any atom is 0.287 e. The van der Waals surface area contributed by atoms with Gasteiger partial charge in [-0.25, -0.2) is 0 Å². The van der Waals surface area contributed by atoms with Gasteiger partial charge in [0, 0.05) is 12.1 Å². The van der Waals surface area contributed by atoms with Gasteiger partial charge >= 0.3 is 0 Å². The summed E-state index contributed by atoms with van der Waals surface area (Å²) < 4.78 is 0.770. The van der Waals surface area contributed by atoms with Crippen LogP contribution >= 0.6 is 11.6 Å². The zero-order chi connectivity index (χ0) is 11.9. The van der Waals surface area contributed by atoms with Crippen LogP contribution in [-0.4, -0.2) is 0 Å². The van der Waals surface area contributed by atoms with E-state index in [1.165, 1.54) is 0 Å². The highest BCUT2D eigenvalue weighted by atomic mass is 35.5. The van der Waals surface area contributed by atoms with Crippen LogP contribution in [0.1, 0.15) is 26.3 Å². The van der Waals surface area contributed by atoms with E-state index in [4.69, 9.17) is 11.6 Å². The van der Waals surface area contributed by atoms with Crippen molar-refractivity contribution in [3.63, 3.8) is 0 Å². The molecule has 1 aromatic carbocycles. The predicted octanol–water partition coefficient (Wildman–Crippen LogP) is 3.42. The van der Waals surface area contributed by atoms with Crippen molar-refractivity contribution in [2.24, 2.45) is 0 Å². The fourth-order valence-electron chi connectivity index (χ4n) is 1.87. The van der Waals surface area contributed by atoms with E-state index >= 15 is 0 Å². The first-order valence-electron chi connectivity index (χ1n) is 5.22. The Morgan fingerprint density at radius 2 is 1.81 bits per heavy atom. The van der Waals surface area contributed by atoms with Crippen LogP contribution in [0.15, 0.2) is 30.3 Å². The van der Waals surface area contributed by atoms with Crippen molar-refractivity contribution in [1.82, 2.24) is 0 Å². The molecule has 0 unspecified atom stereocenters. The molecule has 16 heavy (non-hydrogen) atoms. The van der Waals surface area contributed by atoms with Crippen molar-refractivity contribution in [2.75, 3.05) is 0 Å². The van der Waals surface area contributed by atoms with Crippen LogP contribution in [0, 0.1) is 5.21 Å². The Kier molecular flexibility index (Phi) is 2.55. The maximum atomic E-state index is 11.8. The molecule has 0 saturated carbocycles. The number of para-hydroxylation sites is 1. The van der Waals surface area contributed by atoms with Crippen molar-refractivity contribution in [2.45, 2.75) is 26.2 Å². The second kappa shape index (κ2) is 3.63. The minimum absolute atomic E-state index is 0.0303. The molecular weight excluding hydrogens is 222 g/mol. The zero-order valence-corrected chi connectivity index (χ0v) is 10.4. The van der Waals surface area contributed by atoms with Gasteiger partial charge in [0.1, 0.15) is 0 Å². The lowest BCUT2D eigenvalue weighted by molar-refractivity contribution is -0.574. The second-order valence-corrected chi connectivity index (χ2v) is 5.33. The molecule has 0 bridgehead atoms. The molecule has 0 spiro atoms. The molecule has 0 aliphatic rings. The minimum atomic E-state index is -0.0303. The van der Waals surface area contributed by atoms with E-state index in [0.29, 0.717) is 5.52 Å². The summed E-state index contributed by atoms with van der Waals surface area (Å²) in [6, 6.07) is 9.30. The third kappa shape index (κ3) is 1.74. The summed E-state index contributed by atoms with van der Waals surface area (Å²) >= 11 is 5.95. The molecule has 84 valence electrons. The molecule has 2 rings (SSSR count). The van der Waals surface area contributed by atoms with Crippen molar-refractivity contribution in [1.29, 1.82) is 0 Å². The molecule has 0 aliphatic heterocycles. The minimum Gasteiger partial charge on any atom is -0.617 e. The largest absolute Gasteiger partial charge is 0.617 e. The van der Waals surface area contributed by atoms with Crippen molar-refractivity contribution >= 4 is 22.5 Å². The fraction of sp³-hybridized carbons (Fsp3) is 0.308. The number of halogens is 1. The summed E-state index contributed by atoms with van der Waals surface area (Å²) in [5.41, 5.74) is 1.69. The first-order valence-corrected chi connectivity index (χ1v) is 5.60. The first kappa shape index (κ1) is 11.2. The van der Waals surface area contributed by atoms with Crippen LogP contribution in [0.25, 0.3) is 10.9 Å². The molecule has 0 atom stereocenters. The Labute approximate surface area is 100 Å². The lowest BCUT2D eigenvalue weighted by Crippen LogP contribution is -2.30. The molecule has 0 aliphatic carbocycles. The van der Waals surface area contributed by atoms with E-state index in [1.54, 1.807) is 12.1 Å². The smallest absolute Gasteiger partial charge is 0.287 e. The third-order valence-electron chi connectivity index (χ3n) is 2.68. The molecule has 3 heteroatoms. The number of rotatable bonds is 0. The number of pyridine rings is 1. The monoisotopic (exact) mass is 235 g/mol. The maximum absolute atomic E-state index is 11.8. The standard InChI is InChI=1S/C13H14ClNO/c1-13(2,3)10-8-12(14)15(16)11-7-5-4-6-9(10)11/h4-8H,1-3H3. The summed E-state index contributed by atoms with van der Waals surface area (Å²) in [6.07, 6.45) is 0. The molecule has 0 fully saturated rings. The Balaban J connectivity index is 2.91. The Morgan fingerprint density at radius 1 is 1.19 bits per heavy atom. The Hall–Kier alpha value is -1.28. The molecule has 2 aromatic rings. The van der Waals surface area contributed by atoms with E-state index in [2.05, 4.69) is 20.8 Å². The van der Waals surface area contributed by atoms with E-state index in [-0.39, 0.29) is 10.6 Å². The predicted molar refractivity (Wildman–Crippen MR) is 66.6 cm³/mol. The first-order chi connectivity index (χ1) is 7.41. The van der Waals surface area contributed by atoms with Gasteiger partial charge in [-0.3, -0.25) is 0 Å². The number of fused-ring (bicyclic) bond motifs is 1. The molecule has 0 amide bonds. The van der Waals surface area contributed by atoms with Crippen LogP contribution in [0.5, 0.6) is 0 Å². The van der Waals surface area contributed by atoms with Gasteiger partial charge in [-0.2, -0.15) is 4.73 Å². The molecule has 0 N–H and O–H groups in total. The molecule has 2 nitrogen and oxygen atoms in total. The lowest BCUT2D eigenvalue weighted by atomic mass is 9.85. The van der Waals surface area contributed by atoms with Gasteiger partial charge in [0.15, 0.2) is 0 Å². The van der Waals surface area contributed by atoms with E-state index in [9.17, 15) is 5.21 Å². The van der Waals surface area contributed by atoms with E-state index < -0.39 is 0 Å². The van der Waals surface area contributed by atoms with Gasteiger partial charge < -0.3 is 5.21 Å². The molecule has 0 saturated heterocycles. The number of hydrogen-bond acceptors (Lipinski definition) is 1. The van der Waals surface area contributed by atoms with E-state index in [1.807, 2.05) is 18.2 Å². The van der Waals surface area contributed by atoms with E-state index in [0.717, 1.165) is 15.7 Å². The van der Waals surface area contributed by atoms with Gasteiger partial charge in [0.05, 0.1) is 5.39 Å². The summed E-state index contributed by atoms with van der Waals surface area (Å²) in [6.45, 7) is 6.33. The second-order valence-electron chi connectivity index (χ2n) is 4.94. The lowest BCUT2D eigenvalue weighted by Gasteiger charge is -2.21. The van der Waals surface area contributed by atoms with Crippen molar-refractivity contribution in [3.05, 3.63) is 46.3 Å². The van der Waals surface area contributed by atoms with Crippen molar-refractivity contribution in [3.8, 4) is 0 Å². The zero-order valence-electron chi connectivity index (χ0n) is 9.62. The number of aromatic nitrogens is 1. The highest BCUT2D eigenvalue weighted by Gasteiger charge is 2.22. The topological polar surface area (TPSA) is 26.9 Å². The normalized spacial score (nSPS) is 12.0. The third-order valence-corrected chi connectivity index (χ3v) is 2.94. The van der Waals surface area contributed by atoms with Crippen LogP contribution < -0.4 is 4.73 Å². The van der Waals surface area contributed by atoms with Crippen LogP contribution in [0.4, 0.5) is 0 Å². The SMILES string of the molecule is CC(C)(C)c1cc(Cl)[n+]([O-])c2ccccc12. The van der Waals surface area contributed by atoms with Gasteiger partial charge in [0.2, 0.25) is 5.52 Å². The molecule has 1 heterocycles. The van der Waals surface area contributed by atoms with Crippen molar-refractivity contribution < 1.29 is 4.73 Å². The number of nitrogens with zero attached hydrogens (tertiary/aromatic N) is 1. The highest BCUT2D eigenvalue weighted by molar-refractivity contribution is 6.28. The summed E-state index contributed by atoms with van der Waals surface area (Å²) in [7, 11) is 0. The van der Waals surface area contributed by atoms with Crippen LogP contribution in [-0.2, 0) is 5.41 Å². The highest BCUT2D eigenvalue weighted by Crippen LogP contribution is 2.30. The van der Waals surface area contributed by atoms with Gasteiger partial charge in [0.25, 0.3) is 5.15 Å².